The molecule has 0 aliphatic carbocycles. The molecule has 0 spiro atoms. The van der Waals surface area contributed by atoms with Gasteiger partial charge in [-0.25, -0.2) is 4.79 Å². The molecule has 1 heterocycles. The molecule has 25 heavy (non-hydrogen) atoms. The number of carbonyl (C=O) groups is 2. The van der Waals surface area contributed by atoms with Crippen LogP contribution in [0.1, 0.15) is 34.2 Å². The van der Waals surface area contributed by atoms with Gasteiger partial charge in [-0.1, -0.05) is 12.1 Å². The van der Waals surface area contributed by atoms with Crippen molar-refractivity contribution in [1.29, 1.82) is 0 Å². The van der Waals surface area contributed by atoms with Gasteiger partial charge in [0.25, 0.3) is 5.91 Å². The summed E-state index contributed by atoms with van der Waals surface area (Å²) in [5.74, 6) is -1.38. The number of nitro groups is 1. The van der Waals surface area contributed by atoms with Gasteiger partial charge in [-0.3, -0.25) is 19.6 Å². The maximum atomic E-state index is 11.9. The smallest absolute Gasteiger partial charge is 0.338 e. The van der Waals surface area contributed by atoms with Crippen molar-refractivity contribution in [2.24, 2.45) is 5.73 Å². The third-order valence-corrected chi connectivity index (χ3v) is 3.73. The molecule has 0 saturated carbocycles. The molecule has 0 saturated heterocycles. The number of primary amides is 1. The van der Waals surface area contributed by atoms with Crippen molar-refractivity contribution in [3.05, 3.63) is 56.9 Å². The highest BCUT2D eigenvalue weighted by Gasteiger charge is 2.22. The first-order chi connectivity index (χ1) is 11.7. The SMILES string of the molecule is Cc1nn(Cc2ccc(C(=O)O[C@@H](C)C(N)=O)cc2)c(C)c1[N+](=O)[O-]. The number of hydrogen-bond acceptors (Lipinski definition) is 6. The van der Waals surface area contributed by atoms with Crippen LogP contribution >= 0.6 is 0 Å². The zero-order valence-electron chi connectivity index (χ0n) is 14.1. The molecule has 1 amide bonds. The number of aromatic nitrogens is 2. The van der Waals surface area contributed by atoms with Crippen LogP contribution in [-0.2, 0) is 16.1 Å². The quantitative estimate of drug-likeness (QED) is 0.479. The predicted octanol–water partition coefficient (Wildman–Crippen LogP) is 1.49. The van der Waals surface area contributed by atoms with Gasteiger partial charge in [-0.05, 0) is 38.5 Å². The summed E-state index contributed by atoms with van der Waals surface area (Å²) in [7, 11) is 0. The standard InChI is InChI=1S/C16H18N4O5/c1-9-14(20(23)24)10(2)19(18-9)8-12-4-6-13(7-5-12)16(22)25-11(3)15(17)21/h4-7,11H,8H2,1-3H3,(H2,17,21)/t11-/m0/s1. The lowest BCUT2D eigenvalue weighted by atomic mass is 10.1. The number of benzene rings is 1. The Bertz CT molecular complexity index is 826. The van der Waals surface area contributed by atoms with E-state index >= 15 is 0 Å². The van der Waals surface area contributed by atoms with E-state index < -0.39 is 22.9 Å². The molecule has 1 atom stereocenters. The van der Waals surface area contributed by atoms with Crippen LogP contribution in [0.25, 0.3) is 0 Å². The molecule has 132 valence electrons. The Morgan fingerprint density at radius 3 is 2.40 bits per heavy atom. The van der Waals surface area contributed by atoms with Crippen molar-refractivity contribution >= 4 is 17.6 Å². The molecule has 2 rings (SSSR count). The number of aryl methyl sites for hydroxylation is 1. The number of ether oxygens (including phenoxy) is 1. The molecule has 0 aliphatic rings. The van der Waals surface area contributed by atoms with Crippen LogP contribution in [0.4, 0.5) is 5.69 Å². The van der Waals surface area contributed by atoms with E-state index in [4.69, 9.17) is 10.5 Å². The summed E-state index contributed by atoms with van der Waals surface area (Å²) < 4.78 is 6.45. The van der Waals surface area contributed by atoms with E-state index in [2.05, 4.69) is 5.10 Å². The fraction of sp³-hybridized carbons (Fsp3) is 0.312. The predicted molar refractivity (Wildman–Crippen MR) is 88.0 cm³/mol. The Balaban J connectivity index is 2.13. The Labute approximate surface area is 143 Å². The molecular weight excluding hydrogens is 328 g/mol. The monoisotopic (exact) mass is 346 g/mol. The van der Waals surface area contributed by atoms with Crippen molar-refractivity contribution in [2.75, 3.05) is 0 Å². The molecule has 2 N–H and O–H groups in total. The van der Waals surface area contributed by atoms with Gasteiger partial charge < -0.3 is 10.5 Å². The van der Waals surface area contributed by atoms with Crippen molar-refractivity contribution in [3.63, 3.8) is 0 Å². The van der Waals surface area contributed by atoms with Crippen molar-refractivity contribution < 1.29 is 19.2 Å². The molecule has 1 aromatic heterocycles. The first-order valence-electron chi connectivity index (χ1n) is 7.48. The second-order valence-electron chi connectivity index (χ2n) is 5.58. The minimum Gasteiger partial charge on any atom is -0.449 e. The minimum atomic E-state index is -1.01. The molecule has 2 aromatic rings. The van der Waals surface area contributed by atoms with Crippen molar-refractivity contribution in [3.8, 4) is 0 Å². The topological polar surface area (TPSA) is 130 Å². The van der Waals surface area contributed by atoms with Gasteiger partial charge in [0, 0.05) is 0 Å². The van der Waals surface area contributed by atoms with E-state index in [0.29, 0.717) is 17.9 Å². The highest BCUT2D eigenvalue weighted by Crippen LogP contribution is 2.22. The number of rotatable bonds is 6. The van der Waals surface area contributed by atoms with Gasteiger partial charge in [0.1, 0.15) is 11.4 Å². The first-order valence-corrected chi connectivity index (χ1v) is 7.48. The lowest BCUT2D eigenvalue weighted by Gasteiger charge is -2.10. The summed E-state index contributed by atoms with van der Waals surface area (Å²) in [5.41, 5.74) is 6.94. The molecule has 0 bridgehead atoms. The number of esters is 1. The molecule has 0 unspecified atom stereocenters. The fourth-order valence-corrected chi connectivity index (χ4v) is 2.31. The van der Waals surface area contributed by atoms with E-state index in [1.54, 1.807) is 38.1 Å². The van der Waals surface area contributed by atoms with Gasteiger partial charge in [-0.2, -0.15) is 5.10 Å². The van der Waals surface area contributed by atoms with Crippen LogP contribution in [0.15, 0.2) is 24.3 Å². The average molecular weight is 346 g/mol. The molecule has 0 fully saturated rings. The maximum absolute atomic E-state index is 11.9. The molecular formula is C16H18N4O5. The first kappa shape index (κ1) is 18.1. The van der Waals surface area contributed by atoms with Crippen molar-refractivity contribution in [2.45, 2.75) is 33.4 Å². The highest BCUT2D eigenvalue weighted by atomic mass is 16.6. The molecule has 9 heteroatoms. The number of nitrogens with zero attached hydrogens (tertiary/aromatic N) is 3. The zero-order valence-corrected chi connectivity index (χ0v) is 14.1. The molecule has 0 aliphatic heterocycles. The Morgan fingerprint density at radius 2 is 1.92 bits per heavy atom. The van der Waals surface area contributed by atoms with Gasteiger partial charge in [0.2, 0.25) is 0 Å². The number of amides is 1. The Hall–Kier alpha value is -3.23. The average Bonchev–Trinajstić information content (AvgIpc) is 2.81. The van der Waals surface area contributed by atoms with Crippen molar-refractivity contribution in [1.82, 2.24) is 9.78 Å². The van der Waals surface area contributed by atoms with E-state index in [-0.39, 0.29) is 11.3 Å². The number of hydrogen-bond donors (Lipinski definition) is 1. The normalized spacial score (nSPS) is 11.8. The number of carbonyl (C=O) groups excluding carboxylic acids is 2. The fourth-order valence-electron chi connectivity index (χ4n) is 2.31. The van der Waals surface area contributed by atoms with Crippen LogP contribution in [0.2, 0.25) is 0 Å². The Kier molecular flexibility index (Phi) is 5.16. The van der Waals surface area contributed by atoms with E-state index in [1.807, 2.05) is 0 Å². The summed E-state index contributed by atoms with van der Waals surface area (Å²) in [6.07, 6.45) is -1.01. The third-order valence-electron chi connectivity index (χ3n) is 3.73. The van der Waals surface area contributed by atoms with Crippen LogP contribution in [-0.4, -0.2) is 32.7 Å². The highest BCUT2D eigenvalue weighted by molar-refractivity contribution is 5.91. The lowest BCUT2D eigenvalue weighted by Crippen LogP contribution is -2.30. The van der Waals surface area contributed by atoms with Gasteiger partial charge >= 0.3 is 11.7 Å². The van der Waals surface area contributed by atoms with Gasteiger partial charge in [0.15, 0.2) is 6.10 Å². The second kappa shape index (κ2) is 7.12. The second-order valence-corrected chi connectivity index (χ2v) is 5.58. The molecule has 1 aromatic carbocycles. The summed E-state index contributed by atoms with van der Waals surface area (Å²) in [4.78, 5) is 33.4. The maximum Gasteiger partial charge on any atom is 0.338 e. The van der Waals surface area contributed by atoms with Crippen LogP contribution < -0.4 is 5.73 Å². The summed E-state index contributed by atoms with van der Waals surface area (Å²) in [5, 5.41) is 15.2. The zero-order chi connectivity index (χ0) is 18.7. The number of nitrogens with two attached hydrogens (primary N) is 1. The lowest BCUT2D eigenvalue weighted by molar-refractivity contribution is -0.386. The van der Waals surface area contributed by atoms with E-state index in [0.717, 1.165) is 5.56 Å². The molecule has 9 nitrogen and oxygen atoms in total. The summed E-state index contributed by atoms with van der Waals surface area (Å²) in [6, 6.07) is 6.47. The van der Waals surface area contributed by atoms with Gasteiger partial charge in [0.05, 0.1) is 17.0 Å². The van der Waals surface area contributed by atoms with Crippen LogP contribution in [0.5, 0.6) is 0 Å². The van der Waals surface area contributed by atoms with Crippen LogP contribution in [0, 0.1) is 24.0 Å². The minimum absolute atomic E-state index is 0.000590. The van der Waals surface area contributed by atoms with E-state index in [1.165, 1.54) is 11.6 Å². The van der Waals surface area contributed by atoms with E-state index in [9.17, 15) is 19.7 Å². The largest absolute Gasteiger partial charge is 0.449 e. The van der Waals surface area contributed by atoms with Crippen LogP contribution in [0.3, 0.4) is 0 Å². The Morgan fingerprint density at radius 1 is 1.32 bits per heavy atom. The molecule has 0 radical (unpaired) electrons. The summed E-state index contributed by atoms with van der Waals surface area (Å²) in [6.45, 7) is 4.94. The third kappa shape index (κ3) is 4.00. The van der Waals surface area contributed by atoms with Gasteiger partial charge in [-0.15, -0.1) is 0 Å². The summed E-state index contributed by atoms with van der Waals surface area (Å²) >= 11 is 0.